The molecule has 0 aliphatic rings. The molecule has 0 saturated heterocycles. The molecule has 0 aliphatic carbocycles. The molecule has 0 aliphatic heterocycles. The third-order valence-electron chi connectivity index (χ3n) is 3.78. The number of nitrogens with one attached hydrogen (secondary N) is 2. The summed E-state index contributed by atoms with van der Waals surface area (Å²) in [6.07, 6.45) is 0. The van der Waals surface area contributed by atoms with Crippen molar-refractivity contribution in [1.29, 1.82) is 0 Å². The molecule has 2 N–H and O–H groups in total. The maximum Gasteiger partial charge on any atom is 0.278 e. The number of aromatic amines is 1. The second-order valence-electron chi connectivity index (χ2n) is 5.77. The van der Waals surface area contributed by atoms with Crippen LogP contribution < -0.4 is 10.9 Å². The van der Waals surface area contributed by atoms with E-state index < -0.39 is 5.82 Å². The molecule has 0 saturated carbocycles. The van der Waals surface area contributed by atoms with Gasteiger partial charge in [-0.3, -0.25) is 14.2 Å². The fraction of sp³-hybridized carbons (Fsp3) is 0.235. The number of amides is 1. The number of hydrogen-bond acceptors (Lipinski definition) is 4. The molecule has 1 amide bonds. The Kier molecular flexibility index (Phi) is 5.33. The lowest BCUT2D eigenvalue weighted by atomic mass is 10.2. The standard InChI is InChI=1S/C17H16ClFN4O2S/c1-9-5-13-15(21-9)16(25)23(2)17(22-13)26-8-14(24)20-7-10-3-4-11(19)6-12(10)18/h3-6,21H,7-8H2,1-2H3,(H,20,24). The summed E-state index contributed by atoms with van der Waals surface area (Å²) in [5.74, 6) is -0.577. The van der Waals surface area contributed by atoms with E-state index in [1.165, 1.54) is 34.5 Å². The zero-order chi connectivity index (χ0) is 18.8. The normalized spacial score (nSPS) is 11.1. The van der Waals surface area contributed by atoms with Gasteiger partial charge < -0.3 is 10.3 Å². The first-order valence-corrected chi connectivity index (χ1v) is 9.11. The van der Waals surface area contributed by atoms with E-state index in [0.717, 1.165) is 5.69 Å². The molecule has 0 bridgehead atoms. The van der Waals surface area contributed by atoms with Gasteiger partial charge in [-0.15, -0.1) is 0 Å². The third kappa shape index (κ3) is 3.91. The van der Waals surface area contributed by atoms with Crippen LogP contribution in [-0.4, -0.2) is 26.2 Å². The molecule has 2 aromatic heterocycles. The van der Waals surface area contributed by atoms with Gasteiger partial charge in [-0.2, -0.15) is 0 Å². The van der Waals surface area contributed by atoms with Gasteiger partial charge in [-0.05, 0) is 30.7 Å². The molecule has 3 rings (SSSR count). The van der Waals surface area contributed by atoms with E-state index in [-0.39, 0.29) is 28.8 Å². The van der Waals surface area contributed by atoms with Crippen LogP contribution in [0.15, 0.2) is 34.2 Å². The summed E-state index contributed by atoms with van der Waals surface area (Å²) in [6, 6.07) is 5.80. The number of carbonyl (C=O) groups is 1. The Bertz CT molecular complexity index is 1050. The number of nitrogens with zero attached hydrogens (tertiary/aromatic N) is 2. The molecule has 0 radical (unpaired) electrons. The van der Waals surface area contributed by atoms with Crippen LogP contribution in [0.3, 0.4) is 0 Å². The number of fused-ring (bicyclic) bond motifs is 1. The van der Waals surface area contributed by atoms with Gasteiger partial charge in [-0.1, -0.05) is 29.4 Å². The van der Waals surface area contributed by atoms with Gasteiger partial charge in [0.15, 0.2) is 5.16 Å². The zero-order valence-electron chi connectivity index (χ0n) is 14.1. The number of hydrogen-bond donors (Lipinski definition) is 2. The number of aryl methyl sites for hydroxylation is 1. The molecule has 136 valence electrons. The quantitative estimate of drug-likeness (QED) is 0.515. The van der Waals surface area contributed by atoms with E-state index in [1.54, 1.807) is 13.1 Å². The molecule has 6 nitrogen and oxygen atoms in total. The summed E-state index contributed by atoms with van der Waals surface area (Å²) in [5, 5.41) is 3.43. The molecule has 0 atom stereocenters. The fourth-order valence-corrected chi connectivity index (χ4v) is 3.46. The van der Waals surface area contributed by atoms with Crippen molar-refractivity contribution >= 4 is 40.3 Å². The lowest BCUT2D eigenvalue weighted by Crippen LogP contribution is -2.26. The average molecular weight is 395 g/mol. The molecule has 0 spiro atoms. The molecular weight excluding hydrogens is 379 g/mol. The monoisotopic (exact) mass is 394 g/mol. The van der Waals surface area contributed by atoms with E-state index in [2.05, 4.69) is 15.3 Å². The smallest absolute Gasteiger partial charge is 0.278 e. The number of carbonyl (C=O) groups excluding carboxylic acids is 1. The number of rotatable bonds is 5. The average Bonchev–Trinajstić information content (AvgIpc) is 2.96. The van der Waals surface area contributed by atoms with Crippen LogP contribution >= 0.6 is 23.4 Å². The number of H-pyrrole nitrogens is 1. The maximum absolute atomic E-state index is 13.0. The Morgan fingerprint density at radius 1 is 1.42 bits per heavy atom. The summed E-state index contributed by atoms with van der Waals surface area (Å²) in [5.41, 5.74) is 2.31. The van der Waals surface area contributed by atoms with Crippen molar-refractivity contribution in [3.8, 4) is 0 Å². The Balaban J connectivity index is 1.65. The lowest BCUT2D eigenvalue weighted by molar-refractivity contribution is -0.118. The first-order valence-electron chi connectivity index (χ1n) is 7.75. The highest BCUT2D eigenvalue weighted by Gasteiger charge is 2.13. The minimum absolute atomic E-state index is 0.0913. The minimum Gasteiger partial charge on any atom is -0.353 e. The highest BCUT2D eigenvalue weighted by molar-refractivity contribution is 7.99. The van der Waals surface area contributed by atoms with Gasteiger partial charge in [0, 0.05) is 24.3 Å². The van der Waals surface area contributed by atoms with Crippen LogP contribution in [0.25, 0.3) is 11.0 Å². The van der Waals surface area contributed by atoms with Crippen molar-refractivity contribution in [3.63, 3.8) is 0 Å². The summed E-state index contributed by atoms with van der Waals surface area (Å²) in [4.78, 5) is 31.8. The summed E-state index contributed by atoms with van der Waals surface area (Å²) in [6.45, 7) is 2.04. The molecule has 26 heavy (non-hydrogen) atoms. The van der Waals surface area contributed by atoms with Crippen molar-refractivity contribution in [2.45, 2.75) is 18.6 Å². The van der Waals surface area contributed by atoms with Gasteiger partial charge >= 0.3 is 0 Å². The van der Waals surface area contributed by atoms with E-state index in [9.17, 15) is 14.0 Å². The van der Waals surface area contributed by atoms with E-state index >= 15 is 0 Å². The van der Waals surface area contributed by atoms with Gasteiger partial charge in [0.25, 0.3) is 5.56 Å². The first-order chi connectivity index (χ1) is 12.3. The Hall–Kier alpha value is -2.32. The van der Waals surface area contributed by atoms with Crippen molar-refractivity contribution in [3.05, 3.63) is 56.7 Å². The van der Waals surface area contributed by atoms with E-state index in [1.807, 2.05) is 6.92 Å². The molecule has 0 fully saturated rings. The topological polar surface area (TPSA) is 79.8 Å². The second kappa shape index (κ2) is 7.51. The number of benzene rings is 1. The SMILES string of the molecule is Cc1cc2nc(SCC(=O)NCc3ccc(F)cc3Cl)n(C)c(=O)c2[nH]1. The molecule has 9 heteroatoms. The Morgan fingerprint density at radius 3 is 2.92 bits per heavy atom. The van der Waals surface area contributed by atoms with Crippen molar-refractivity contribution in [2.24, 2.45) is 7.05 Å². The number of halogens is 2. The lowest BCUT2D eigenvalue weighted by Gasteiger charge is -2.09. The summed E-state index contributed by atoms with van der Waals surface area (Å²) in [7, 11) is 1.61. The Labute approximate surface area is 157 Å². The van der Waals surface area contributed by atoms with Gasteiger partial charge in [-0.25, -0.2) is 9.37 Å². The maximum atomic E-state index is 13.0. The molecule has 1 aromatic carbocycles. The van der Waals surface area contributed by atoms with Crippen molar-refractivity contribution in [1.82, 2.24) is 19.9 Å². The van der Waals surface area contributed by atoms with E-state index in [4.69, 9.17) is 11.6 Å². The van der Waals surface area contributed by atoms with Crippen molar-refractivity contribution in [2.75, 3.05) is 5.75 Å². The molecule has 0 unspecified atom stereocenters. The van der Waals surface area contributed by atoms with Crippen LogP contribution in [0, 0.1) is 12.7 Å². The van der Waals surface area contributed by atoms with Crippen LogP contribution in [0.4, 0.5) is 4.39 Å². The van der Waals surface area contributed by atoms with Gasteiger partial charge in [0.05, 0.1) is 11.3 Å². The first kappa shape index (κ1) is 18.5. The van der Waals surface area contributed by atoms with E-state index in [0.29, 0.717) is 21.8 Å². The fourth-order valence-electron chi connectivity index (χ4n) is 2.43. The summed E-state index contributed by atoms with van der Waals surface area (Å²) < 4.78 is 14.4. The summed E-state index contributed by atoms with van der Waals surface area (Å²) >= 11 is 7.10. The van der Waals surface area contributed by atoms with Gasteiger partial charge in [0.2, 0.25) is 5.91 Å². The zero-order valence-corrected chi connectivity index (χ0v) is 15.7. The highest BCUT2D eigenvalue weighted by Crippen LogP contribution is 2.18. The largest absolute Gasteiger partial charge is 0.353 e. The molecular formula is C17H16ClFN4O2S. The predicted octanol–water partition coefficient (Wildman–Crippen LogP) is 2.77. The predicted molar refractivity (Wildman–Crippen MR) is 100 cm³/mol. The van der Waals surface area contributed by atoms with Crippen LogP contribution in [0.5, 0.6) is 0 Å². The van der Waals surface area contributed by atoms with Crippen LogP contribution in [-0.2, 0) is 18.4 Å². The Morgan fingerprint density at radius 2 is 2.19 bits per heavy atom. The minimum atomic E-state index is -0.428. The molecule has 2 heterocycles. The highest BCUT2D eigenvalue weighted by atomic mass is 35.5. The number of thioether (sulfide) groups is 1. The van der Waals surface area contributed by atoms with Crippen LogP contribution in [0.1, 0.15) is 11.3 Å². The van der Waals surface area contributed by atoms with Crippen molar-refractivity contribution < 1.29 is 9.18 Å². The second-order valence-corrected chi connectivity index (χ2v) is 7.12. The molecule has 3 aromatic rings. The number of aromatic nitrogens is 3. The van der Waals surface area contributed by atoms with Gasteiger partial charge in [0.1, 0.15) is 11.3 Å². The third-order valence-corrected chi connectivity index (χ3v) is 5.16. The van der Waals surface area contributed by atoms with Crippen LogP contribution in [0.2, 0.25) is 5.02 Å².